The van der Waals surface area contributed by atoms with Crippen LogP contribution in [-0.4, -0.2) is 18.9 Å². The number of amides is 2. The van der Waals surface area contributed by atoms with Crippen LogP contribution in [0.4, 0.5) is 5.69 Å². The largest absolute Gasteiger partial charge is 0.497 e. The molecule has 2 aliphatic rings. The van der Waals surface area contributed by atoms with Gasteiger partial charge in [0.05, 0.1) is 13.2 Å². The van der Waals surface area contributed by atoms with Gasteiger partial charge in [-0.05, 0) is 73.6 Å². The first kappa shape index (κ1) is 17.6. The van der Waals surface area contributed by atoms with Gasteiger partial charge in [-0.2, -0.15) is 0 Å². The fourth-order valence-electron chi connectivity index (χ4n) is 3.23. The molecule has 0 aliphatic heterocycles. The van der Waals surface area contributed by atoms with Crippen molar-refractivity contribution >= 4 is 17.5 Å². The molecule has 0 aromatic heterocycles. The molecule has 2 amide bonds. The second-order valence-corrected chi connectivity index (χ2v) is 7.40. The maximum Gasteiger partial charge on any atom is 0.251 e. The molecule has 1 atom stereocenters. The van der Waals surface area contributed by atoms with Crippen LogP contribution in [0.15, 0.2) is 48.5 Å². The highest BCUT2D eigenvalue weighted by molar-refractivity contribution is 5.97. The highest BCUT2D eigenvalue weighted by Crippen LogP contribution is 2.41. The minimum atomic E-state index is -0.0946. The summed E-state index contributed by atoms with van der Waals surface area (Å²) in [5, 5.41) is 6.06. The number of anilines is 1. The predicted molar refractivity (Wildman–Crippen MR) is 104 cm³/mol. The van der Waals surface area contributed by atoms with Gasteiger partial charge in [-0.15, -0.1) is 0 Å². The van der Waals surface area contributed by atoms with E-state index in [1.54, 1.807) is 31.4 Å². The summed E-state index contributed by atoms with van der Waals surface area (Å²) in [6, 6.07) is 15.0. The normalized spacial score (nSPS) is 17.1. The van der Waals surface area contributed by atoms with Gasteiger partial charge in [0.2, 0.25) is 5.91 Å². The van der Waals surface area contributed by atoms with Gasteiger partial charge in [-0.3, -0.25) is 9.59 Å². The van der Waals surface area contributed by atoms with Crippen LogP contribution in [0.25, 0.3) is 0 Å². The van der Waals surface area contributed by atoms with Crippen molar-refractivity contribution in [3.05, 3.63) is 59.7 Å². The molecule has 2 N–H and O–H groups in total. The van der Waals surface area contributed by atoms with Gasteiger partial charge in [0, 0.05) is 17.2 Å². The summed E-state index contributed by atoms with van der Waals surface area (Å²) in [7, 11) is 1.64. The van der Waals surface area contributed by atoms with Crippen LogP contribution in [0.3, 0.4) is 0 Å². The zero-order valence-corrected chi connectivity index (χ0v) is 15.4. The molecule has 5 heteroatoms. The van der Waals surface area contributed by atoms with Crippen molar-refractivity contribution in [1.29, 1.82) is 0 Å². The van der Waals surface area contributed by atoms with Crippen molar-refractivity contribution in [2.45, 2.75) is 31.7 Å². The highest BCUT2D eigenvalue weighted by Gasteiger charge is 2.33. The molecule has 2 saturated carbocycles. The summed E-state index contributed by atoms with van der Waals surface area (Å²) in [4.78, 5) is 24.5. The van der Waals surface area contributed by atoms with Crippen LogP contribution >= 0.6 is 0 Å². The molecule has 4 rings (SSSR count). The number of hydrogen-bond acceptors (Lipinski definition) is 3. The van der Waals surface area contributed by atoms with Crippen LogP contribution < -0.4 is 15.4 Å². The third-order valence-corrected chi connectivity index (χ3v) is 5.22. The van der Waals surface area contributed by atoms with Crippen molar-refractivity contribution in [2.75, 3.05) is 12.4 Å². The van der Waals surface area contributed by atoms with Gasteiger partial charge >= 0.3 is 0 Å². The van der Waals surface area contributed by atoms with E-state index < -0.39 is 0 Å². The maximum atomic E-state index is 12.7. The topological polar surface area (TPSA) is 67.4 Å². The Hall–Kier alpha value is -2.82. The number of rotatable bonds is 7. The van der Waals surface area contributed by atoms with Crippen LogP contribution in [0.1, 0.15) is 47.6 Å². The van der Waals surface area contributed by atoms with Crippen LogP contribution in [0.2, 0.25) is 0 Å². The van der Waals surface area contributed by atoms with Gasteiger partial charge in [-0.25, -0.2) is 0 Å². The van der Waals surface area contributed by atoms with E-state index in [1.807, 2.05) is 24.3 Å². The lowest BCUT2D eigenvalue weighted by atomic mass is 10.0. The van der Waals surface area contributed by atoms with E-state index in [0.29, 0.717) is 11.5 Å². The number of benzene rings is 2. The number of carbonyl (C=O) groups excluding carboxylic acids is 2. The Morgan fingerprint density at radius 2 is 1.63 bits per heavy atom. The second kappa shape index (κ2) is 7.43. The molecule has 0 heterocycles. The Morgan fingerprint density at radius 1 is 0.963 bits per heavy atom. The lowest BCUT2D eigenvalue weighted by Crippen LogP contribution is -2.29. The van der Waals surface area contributed by atoms with Gasteiger partial charge in [0.25, 0.3) is 5.91 Å². The Balaban J connectivity index is 1.42. The predicted octanol–water partition coefficient (Wildman–Crippen LogP) is 3.92. The lowest BCUT2D eigenvalue weighted by Gasteiger charge is -2.19. The lowest BCUT2D eigenvalue weighted by molar-refractivity contribution is -0.117. The van der Waals surface area contributed by atoms with E-state index in [4.69, 9.17) is 4.74 Å². The molecule has 1 unspecified atom stereocenters. The smallest absolute Gasteiger partial charge is 0.251 e. The zero-order chi connectivity index (χ0) is 18.8. The Kier molecular flexibility index (Phi) is 4.84. The van der Waals surface area contributed by atoms with Crippen molar-refractivity contribution in [2.24, 2.45) is 11.8 Å². The fraction of sp³-hybridized carbons (Fsp3) is 0.364. The van der Waals surface area contributed by atoms with Gasteiger partial charge in [0.15, 0.2) is 0 Å². The van der Waals surface area contributed by atoms with Gasteiger partial charge < -0.3 is 15.4 Å². The van der Waals surface area contributed by atoms with Crippen LogP contribution in [0.5, 0.6) is 5.75 Å². The summed E-state index contributed by atoms with van der Waals surface area (Å²) >= 11 is 0. The monoisotopic (exact) mass is 364 g/mol. The summed E-state index contributed by atoms with van der Waals surface area (Å²) in [6.07, 6.45) is 4.20. The van der Waals surface area contributed by atoms with E-state index in [9.17, 15) is 9.59 Å². The quantitative estimate of drug-likeness (QED) is 0.782. The standard InChI is InChI=1S/C22H24N2O3/c1-27-19-12-8-15(9-13-19)20(14-2-3-14)24-22(26)17-6-10-18(11-7-17)23-21(25)16-4-5-16/h6-14,16,20H,2-5H2,1H3,(H,23,25)(H,24,26). The average molecular weight is 364 g/mol. The number of carbonyl (C=O) groups is 2. The third-order valence-electron chi connectivity index (χ3n) is 5.22. The first-order valence-corrected chi connectivity index (χ1v) is 9.50. The number of ether oxygens (including phenoxy) is 1. The minimum absolute atomic E-state index is 0.0117. The zero-order valence-electron chi connectivity index (χ0n) is 15.4. The highest BCUT2D eigenvalue weighted by atomic mass is 16.5. The Bertz CT molecular complexity index is 822. The first-order valence-electron chi connectivity index (χ1n) is 9.50. The van der Waals surface area contributed by atoms with Gasteiger partial charge in [0.1, 0.15) is 5.75 Å². The Labute approximate surface area is 159 Å². The molecule has 140 valence electrons. The van der Waals surface area contributed by atoms with E-state index in [2.05, 4.69) is 10.6 Å². The molecule has 2 fully saturated rings. The van der Waals surface area contributed by atoms with Crippen molar-refractivity contribution in [1.82, 2.24) is 5.32 Å². The molecule has 2 aliphatic carbocycles. The molecular formula is C22H24N2O3. The molecule has 2 aromatic carbocycles. The number of hydrogen-bond donors (Lipinski definition) is 2. The third kappa shape index (κ3) is 4.30. The molecule has 0 spiro atoms. The molecule has 0 bridgehead atoms. The molecule has 2 aromatic rings. The molecule has 27 heavy (non-hydrogen) atoms. The summed E-state index contributed by atoms with van der Waals surface area (Å²) in [5.41, 5.74) is 2.43. The van der Waals surface area contributed by atoms with E-state index in [1.165, 1.54) is 0 Å². The van der Waals surface area contributed by atoms with Crippen LogP contribution in [0, 0.1) is 11.8 Å². The number of methoxy groups -OCH3 is 1. The average Bonchev–Trinajstić information content (AvgIpc) is 3.58. The molecule has 0 radical (unpaired) electrons. The minimum Gasteiger partial charge on any atom is -0.497 e. The molecule has 0 saturated heterocycles. The van der Waals surface area contributed by atoms with Crippen LogP contribution in [-0.2, 0) is 4.79 Å². The summed E-state index contributed by atoms with van der Waals surface area (Å²) in [6.45, 7) is 0. The summed E-state index contributed by atoms with van der Waals surface area (Å²) in [5.74, 6) is 1.43. The van der Waals surface area contributed by atoms with Crippen molar-refractivity contribution < 1.29 is 14.3 Å². The SMILES string of the molecule is COc1ccc(C(NC(=O)c2ccc(NC(=O)C3CC3)cc2)C2CC2)cc1. The van der Waals surface area contributed by atoms with Crippen molar-refractivity contribution in [3.8, 4) is 5.75 Å². The number of nitrogens with one attached hydrogen (secondary N) is 2. The second-order valence-electron chi connectivity index (χ2n) is 7.40. The molecule has 5 nitrogen and oxygen atoms in total. The van der Waals surface area contributed by atoms with E-state index in [-0.39, 0.29) is 23.8 Å². The van der Waals surface area contributed by atoms with E-state index in [0.717, 1.165) is 42.7 Å². The van der Waals surface area contributed by atoms with Gasteiger partial charge in [-0.1, -0.05) is 12.1 Å². The summed E-state index contributed by atoms with van der Waals surface area (Å²) < 4.78 is 5.22. The Morgan fingerprint density at radius 3 is 2.19 bits per heavy atom. The maximum absolute atomic E-state index is 12.7. The first-order chi connectivity index (χ1) is 13.1. The fourth-order valence-corrected chi connectivity index (χ4v) is 3.23. The molecular weight excluding hydrogens is 340 g/mol. The van der Waals surface area contributed by atoms with Crippen molar-refractivity contribution in [3.63, 3.8) is 0 Å². The van der Waals surface area contributed by atoms with E-state index >= 15 is 0 Å².